The van der Waals surface area contributed by atoms with Gasteiger partial charge in [-0.15, -0.1) is 0 Å². The topological polar surface area (TPSA) is 38.9 Å². The molecule has 0 spiro atoms. The lowest BCUT2D eigenvalue weighted by Gasteiger charge is -2.15. The van der Waals surface area contributed by atoms with E-state index in [0.29, 0.717) is 0 Å². The number of rotatable bonds is 2. The van der Waals surface area contributed by atoms with E-state index >= 15 is 0 Å². The summed E-state index contributed by atoms with van der Waals surface area (Å²) >= 11 is 6.94. The van der Waals surface area contributed by atoms with Gasteiger partial charge in [0.25, 0.3) is 0 Å². The van der Waals surface area contributed by atoms with E-state index in [1.165, 1.54) is 0 Å². The van der Waals surface area contributed by atoms with Crippen molar-refractivity contribution in [2.24, 2.45) is 5.73 Å². The highest BCUT2D eigenvalue weighted by Crippen LogP contribution is 2.27. The van der Waals surface area contributed by atoms with Crippen LogP contribution in [-0.2, 0) is 0 Å². The second-order valence-electron chi connectivity index (χ2n) is 3.91. The second-order valence-corrected chi connectivity index (χ2v) is 5.74. The van der Waals surface area contributed by atoms with Gasteiger partial charge in [-0.25, -0.2) is 0 Å². The number of nitrogens with zero attached hydrogens (tertiary/aromatic N) is 1. The van der Waals surface area contributed by atoms with Gasteiger partial charge < -0.3 is 5.73 Å². The first-order chi connectivity index (χ1) is 8.08. The van der Waals surface area contributed by atoms with Crippen LogP contribution in [0.2, 0.25) is 0 Å². The van der Waals surface area contributed by atoms with Gasteiger partial charge in [0, 0.05) is 21.3 Å². The fourth-order valence-corrected chi connectivity index (χ4v) is 3.07. The zero-order valence-electron chi connectivity index (χ0n) is 9.32. The van der Waals surface area contributed by atoms with Crippen LogP contribution in [0.3, 0.4) is 0 Å². The minimum Gasteiger partial charge on any atom is -0.320 e. The molecule has 2 N–H and O–H groups in total. The van der Waals surface area contributed by atoms with Crippen molar-refractivity contribution in [3.8, 4) is 0 Å². The van der Waals surface area contributed by atoms with Gasteiger partial charge in [-0.05, 0) is 47.9 Å². The molecule has 0 saturated heterocycles. The third-order valence-corrected chi connectivity index (χ3v) is 3.57. The Bertz CT molecular complexity index is 520. The van der Waals surface area contributed by atoms with Gasteiger partial charge in [0.15, 0.2) is 0 Å². The first kappa shape index (κ1) is 12.7. The van der Waals surface area contributed by atoms with E-state index in [1.54, 1.807) is 6.20 Å². The summed E-state index contributed by atoms with van der Waals surface area (Å²) in [6.45, 7) is 2.05. The molecule has 88 valence electrons. The van der Waals surface area contributed by atoms with Crippen LogP contribution in [0.1, 0.15) is 22.7 Å². The molecule has 0 aliphatic heterocycles. The fraction of sp³-hybridized carbons (Fsp3) is 0.154. The summed E-state index contributed by atoms with van der Waals surface area (Å²) in [5, 5.41) is 0. The van der Waals surface area contributed by atoms with Crippen LogP contribution in [-0.4, -0.2) is 4.98 Å². The average Bonchev–Trinajstić information content (AvgIpc) is 2.27. The van der Waals surface area contributed by atoms with Gasteiger partial charge >= 0.3 is 0 Å². The molecule has 0 radical (unpaired) electrons. The Balaban J connectivity index is 2.43. The van der Waals surface area contributed by atoms with E-state index in [9.17, 15) is 0 Å². The molecule has 0 amide bonds. The van der Waals surface area contributed by atoms with Gasteiger partial charge in [-0.3, -0.25) is 4.98 Å². The lowest BCUT2D eigenvalue weighted by atomic mass is 9.98. The molecule has 2 rings (SSSR count). The van der Waals surface area contributed by atoms with E-state index in [-0.39, 0.29) is 6.04 Å². The molecule has 1 aromatic heterocycles. The molecule has 0 bridgehead atoms. The molecule has 1 heterocycles. The molecule has 1 aromatic carbocycles. The Kier molecular flexibility index (Phi) is 3.97. The molecular formula is C13H12Br2N2. The molecule has 0 fully saturated rings. The van der Waals surface area contributed by atoms with Crippen LogP contribution in [0, 0.1) is 6.92 Å². The van der Waals surface area contributed by atoms with E-state index in [1.807, 2.05) is 37.4 Å². The Hall–Kier alpha value is -0.710. The minimum atomic E-state index is -0.155. The molecule has 2 aromatic rings. The zero-order valence-corrected chi connectivity index (χ0v) is 12.5. The van der Waals surface area contributed by atoms with Gasteiger partial charge in [0.05, 0.1) is 6.04 Å². The number of hydrogen-bond donors (Lipinski definition) is 1. The molecule has 17 heavy (non-hydrogen) atoms. The summed E-state index contributed by atoms with van der Waals surface area (Å²) in [7, 11) is 0. The second kappa shape index (κ2) is 5.29. The van der Waals surface area contributed by atoms with Crippen LogP contribution in [0.25, 0.3) is 0 Å². The van der Waals surface area contributed by atoms with Gasteiger partial charge in [0.2, 0.25) is 0 Å². The van der Waals surface area contributed by atoms with Crippen molar-refractivity contribution in [1.82, 2.24) is 4.98 Å². The number of aryl methyl sites for hydroxylation is 1. The van der Waals surface area contributed by atoms with Crippen molar-refractivity contribution >= 4 is 31.9 Å². The van der Waals surface area contributed by atoms with Crippen molar-refractivity contribution in [1.29, 1.82) is 0 Å². The third-order valence-electron chi connectivity index (χ3n) is 2.66. The molecule has 1 unspecified atom stereocenters. The van der Waals surface area contributed by atoms with Crippen molar-refractivity contribution in [3.63, 3.8) is 0 Å². The Morgan fingerprint density at radius 1 is 1.18 bits per heavy atom. The van der Waals surface area contributed by atoms with Gasteiger partial charge in [-0.2, -0.15) is 0 Å². The summed E-state index contributed by atoms with van der Waals surface area (Å²) in [5.41, 5.74) is 9.54. The summed E-state index contributed by atoms with van der Waals surface area (Å²) in [4.78, 5) is 4.13. The molecule has 0 aliphatic rings. The highest BCUT2D eigenvalue weighted by molar-refractivity contribution is 9.11. The number of pyridine rings is 1. The molecule has 0 saturated carbocycles. The van der Waals surface area contributed by atoms with Crippen LogP contribution < -0.4 is 5.73 Å². The Morgan fingerprint density at radius 3 is 2.41 bits per heavy atom. The normalized spacial score (nSPS) is 12.5. The standard InChI is InChI=1S/C13H12Br2N2/c1-8-2-3-17-7-12(8)13(16)9-4-10(14)6-11(15)5-9/h2-7,13H,16H2,1H3. The van der Waals surface area contributed by atoms with Crippen molar-refractivity contribution < 1.29 is 0 Å². The molecule has 4 heteroatoms. The quantitative estimate of drug-likeness (QED) is 0.885. The average molecular weight is 356 g/mol. The maximum atomic E-state index is 6.27. The van der Waals surface area contributed by atoms with E-state index in [4.69, 9.17) is 5.73 Å². The SMILES string of the molecule is Cc1ccncc1C(N)c1cc(Br)cc(Br)c1. The zero-order chi connectivity index (χ0) is 12.4. The fourth-order valence-electron chi connectivity index (χ4n) is 1.74. The van der Waals surface area contributed by atoms with Crippen LogP contribution >= 0.6 is 31.9 Å². The Labute approximate surface area is 118 Å². The lowest BCUT2D eigenvalue weighted by molar-refractivity contribution is 0.851. The number of hydrogen-bond acceptors (Lipinski definition) is 2. The van der Waals surface area contributed by atoms with Crippen molar-refractivity contribution in [2.75, 3.05) is 0 Å². The summed E-state index contributed by atoms with van der Waals surface area (Å²) in [6, 6.07) is 7.87. The monoisotopic (exact) mass is 354 g/mol. The summed E-state index contributed by atoms with van der Waals surface area (Å²) in [5.74, 6) is 0. The maximum absolute atomic E-state index is 6.27. The van der Waals surface area contributed by atoms with E-state index < -0.39 is 0 Å². The summed E-state index contributed by atoms with van der Waals surface area (Å²) in [6.07, 6.45) is 3.61. The highest BCUT2D eigenvalue weighted by atomic mass is 79.9. The number of nitrogens with two attached hydrogens (primary N) is 1. The molecular weight excluding hydrogens is 344 g/mol. The largest absolute Gasteiger partial charge is 0.320 e. The minimum absolute atomic E-state index is 0.155. The van der Waals surface area contributed by atoms with Crippen molar-refractivity contribution in [2.45, 2.75) is 13.0 Å². The lowest BCUT2D eigenvalue weighted by Crippen LogP contribution is -2.13. The van der Waals surface area contributed by atoms with Crippen LogP contribution in [0.5, 0.6) is 0 Å². The van der Waals surface area contributed by atoms with Crippen LogP contribution in [0.15, 0.2) is 45.6 Å². The van der Waals surface area contributed by atoms with Gasteiger partial charge in [-0.1, -0.05) is 31.9 Å². The molecule has 2 nitrogen and oxygen atoms in total. The first-order valence-corrected chi connectivity index (χ1v) is 6.78. The molecule has 1 atom stereocenters. The predicted molar refractivity (Wildman–Crippen MR) is 76.8 cm³/mol. The van der Waals surface area contributed by atoms with E-state index in [2.05, 4.69) is 36.8 Å². The smallest absolute Gasteiger partial charge is 0.0570 e. The van der Waals surface area contributed by atoms with Crippen molar-refractivity contribution in [3.05, 3.63) is 62.3 Å². The Morgan fingerprint density at radius 2 is 1.82 bits per heavy atom. The highest BCUT2D eigenvalue weighted by Gasteiger charge is 2.12. The number of aromatic nitrogens is 1. The molecule has 0 aliphatic carbocycles. The number of halogens is 2. The first-order valence-electron chi connectivity index (χ1n) is 5.20. The summed E-state index contributed by atoms with van der Waals surface area (Å²) < 4.78 is 2.03. The predicted octanol–water partition coefficient (Wildman–Crippen LogP) is 3.96. The third kappa shape index (κ3) is 2.94. The van der Waals surface area contributed by atoms with Gasteiger partial charge in [0.1, 0.15) is 0 Å². The number of benzene rings is 1. The maximum Gasteiger partial charge on any atom is 0.0570 e. The van der Waals surface area contributed by atoms with Crippen LogP contribution in [0.4, 0.5) is 0 Å². The van der Waals surface area contributed by atoms with E-state index in [0.717, 1.165) is 25.6 Å².